The highest BCUT2D eigenvalue weighted by molar-refractivity contribution is 5.38. The Morgan fingerprint density at radius 1 is 1.26 bits per heavy atom. The Morgan fingerprint density at radius 3 is 2.63 bits per heavy atom. The van der Waals surface area contributed by atoms with E-state index < -0.39 is 0 Å². The molecule has 1 N–H and O–H groups in total. The van der Waals surface area contributed by atoms with Crippen molar-refractivity contribution in [2.45, 2.75) is 32.3 Å². The van der Waals surface area contributed by atoms with Crippen LogP contribution >= 0.6 is 0 Å². The zero-order chi connectivity index (χ0) is 13.7. The highest BCUT2D eigenvalue weighted by Gasteiger charge is 2.17. The summed E-state index contributed by atoms with van der Waals surface area (Å²) in [6, 6.07) is 0.269. The van der Waals surface area contributed by atoms with E-state index in [1.165, 1.54) is 6.42 Å². The molecule has 0 bridgehead atoms. The molecule has 6 nitrogen and oxygen atoms in total. The summed E-state index contributed by atoms with van der Waals surface area (Å²) < 4.78 is 5.47. The fourth-order valence-electron chi connectivity index (χ4n) is 1.94. The minimum absolute atomic E-state index is 0.269. The number of ether oxygens (including phenoxy) is 1. The molecule has 1 aromatic heterocycles. The Bertz CT molecular complexity index is 465. The van der Waals surface area contributed by atoms with Gasteiger partial charge in [0.15, 0.2) is 6.10 Å². The molecule has 0 radical (unpaired) electrons. The van der Waals surface area contributed by atoms with Crippen LogP contribution in [-0.4, -0.2) is 41.2 Å². The number of aromatic nitrogens is 3. The van der Waals surface area contributed by atoms with Crippen LogP contribution in [0.4, 0.5) is 11.9 Å². The zero-order valence-electron chi connectivity index (χ0n) is 11.4. The second-order valence-electron chi connectivity index (χ2n) is 4.47. The van der Waals surface area contributed by atoms with Crippen molar-refractivity contribution in [3.05, 3.63) is 0 Å². The summed E-state index contributed by atoms with van der Waals surface area (Å²) in [5.74, 6) is 3.64. The van der Waals surface area contributed by atoms with Crippen molar-refractivity contribution in [2.24, 2.45) is 0 Å². The maximum Gasteiger partial charge on any atom is 0.324 e. The zero-order valence-corrected chi connectivity index (χ0v) is 11.4. The topological polar surface area (TPSA) is 63.2 Å². The van der Waals surface area contributed by atoms with E-state index in [-0.39, 0.29) is 12.1 Å². The molecule has 0 amide bonds. The minimum Gasteiger partial charge on any atom is -0.447 e. The average Bonchev–Trinajstić information content (AvgIpc) is 2.47. The SMILES string of the molecule is C#CC(C)Oc1nc(NC)nc(N2CCCCC2)n1. The summed E-state index contributed by atoms with van der Waals surface area (Å²) in [6.45, 7) is 3.72. The van der Waals surface area contributed by atoms with Crippen LogP contribution in [0.15, 0.2) is 0 Å². The molecule has 0 aromatic carbocycles. The van der Waals surface area contributed by atoms with E-state index in [0.29, 0.717) is 11.9 Å². The van der Waals surface area contributed by atoms with Gasteiger partial charge in [-0.25, -0.2) is 0 Å². The van der Waals surface area contributed by atoms with Gasteiger partial charge in [0.1, 0.15) is 0 Å². The molecule has 0 aliphatic carbocycles. The summed E-state index contributed by atoms with van der Waals surface area (Å²) in [5.41, 5.74) is 0. The van der Waals surface area contributed by atoms with Gasteiger partial charge in [0.25, 0.3) is 0 Å². The number of nitrogens with one attached hydrogen (secondary N) is 1. The van der Waals surface area contributed by atoms with Gasteiger partial charge in [-0.2, -0.15) is 15.0 Å². The lowest BCUT2D eigenvalue weighted by molar-refractivity contribution is 0.255. The predicted molar refractivity (Wildman–Crippen MR) is 74.4 cm³/mol. The first kappa shape index (κ1) is 13.4. The van der Waals surface area contributed by atoms with Gasteiger partial charge in [-0.1, -0.05) is 5.92 Å². The van der Waals surface area contributed by atoms with Gasteiger partial charge in [0.05, 0.1) is 0 Å². The van der Waals surface area contributed by atoms with Crippen LogP contribution in [0.2, 0.25) is 0 Å². The van der Waals surface area contributed by atoms with Gasteiger partial charge < -0.3 is 15.0 Å². The van der Waals surface area contributed by atoms with Crippen LogP contribution in [0.5, 0.6) is 6.01 Å². The monoisotopic (exact) mass is 261 g/mol. The third kappa shape index (κ3) is 3.47. The highest BCUT2D eigenvalue weighted by atomic mass is 16.5. The Hall–Kier alpha value is -2.03. The Labute approximate surface area is 113 Å². The summed E-state index contributed by atoms with van der Waals surface area (Å²) >= 11 is 0. The number of terminal acetylenes is 1. The molecule has 2 rings (SSSR count). The Balaban J connectivity index is 2.22. The molecule has 2 heterocycles. The molecule has 0 saturated carbocycles. The third-order valence-electron chi connectivity index (χ3n) is 2.98. The molecule has 1 unspecified atom stereocenters. The van der Waals surface area contributed by atoms with E-state index in [0.717, 1.165) is 25.9 Å². The quantitative estimate of drug-likeness (QED) is 0.824. The first-order valence-corrected chi connectivity index (χ1v) is 6.54. The number of rotatable bonds is 4. The van der Waals surface area contributed by atoms with E-state index in [2.05, 4.69) is 31.1 Å². The molecule has 102 valence electrons. The number of hydrogen-bond acceptors (Lipinski definition) is 6. The smallest absolute Gasteiger partial charge is 0.324 e. The second kappa shape index (κ2) is 6.23. The van der Waals surface area contributed by atoms with Gasteiger partial charge in [0.2, 0.25) is 11.9 Å². The fourth-order valence-corrected chi connectivity index (χ4v) is 1.94. The lowest BCUT2D eigenvalue weighted by Crippen LogP contribution is -2.31. The molecule has 19 heavy (non-hydrogen) atoms. The van der Waals surface area contributed by atoms with Gasteiger partial charge >= 0.3 is 6.01 Å². The maximum atomic E-state index is 5.47. The van der Waals surface area contributed by atoms with Crippen LogP contribution in [0.3, 0.4) is 0 Å². The van der Waals surface area contributed by atoms with Crippen LogP contribution in [0.25, 0.3) is 0 Å². The van der Waals surface area contributed by atoms with Crippen molar-refractivity contribution in [1.82, 2.24) is 15.0 Å². The van der Waals surface area contributed by atoms with Crippen molar-refractivity contribution in [3.63, 3.8) is 0 Å². The molecular formula is C13H19N5O. The van der Waals surface area contributed by atoms with Crippen molar-refractivity contribution in [2.75, 3.05) is 30.4 Å². The Morgan fingerprint density at radius 2 is 2.00 bits per heavy atom. The molecule has 1 aliphatic heterocycles. The number of nitrogens with zero attached hydrogens (tertiary/aromatic N) is 4. The molecule has 0 spiro atoms. The first-order valence-electron chi connectivity index (χ1n) is 6.54. The fraction of sp³-hybridized carbons (Fsp3) is 0.615. The van der Waals surface area contributed by atoms with Gasteiger partial charge in [-0.3, -0.25) is 0 Å². The largest absolute Gasteiger partial charge is 0.447 e. The van der Waals surface area contributed by atoms with Gasteiger partial charge in [0, 0.05) is 20.1 Å². The van der Waals surface area contributed by atoms with Crippen LogP contribution in [-0.2, 0) is 0 Å². The molecule has 1 atom stereocenters. The summed E-state index contributed by atoms with van der Waals surface area (Å²) in [5, 5.41) is 2.92. The van der Waals surface area contributed by atoms with E-state index >= 15 is 0 Å². The van der Waals surface area contributed by atoms with Crippen LogP contribution < -0.4 is 15.0 Å². The molecule has 1 aromatic rings. The van der Waals surface area contributed by atoms with Gasteiger partial charge in [-0.05, 0) is 26.2 Å². The maximum absolute atomic E-state index is 5.47. The second-order valence-corrected chi connectivity index (χ2v) is 4.47. The molecule has 1 aliphatic rings. The first-order chi connectivity index (χ1) is 9.22. The van der Waals surface area contributed by atoms with Crippen LogP contribution in [0, 0.1) is 12.3 Å². The lowest BCUT2D eigenvalue weighted by atomic mass is 10.1. The van der Waals surface area contributed by atoms with Crippen molar-refractivity contribution in [3.8, 4) is 18.4 Å². The molecule has 6 heteroatoms. The lowest BCUT2D eigenvalue weighted by Gasteiger charge is -2.26. The summed E-state index contributed by atoms with van der Waals surface area (Å²) in [4.78, 5) is 15.0. The standard InChI is InChI=1S/C13H19N5O/c1-4-10(2)19-13-16-11(14-3)15-12(17-13)18-8-6-5-7-9-18/h1,10H,5-9H2,2-3H3,(H,14,15,16,17). The van der Waals surface area contributed by atoms with Crippen molar-refractivity contribution in [1.29, 1.82) is 0 Å². The van der Waals surface area contributed by atoms with E-state index in [1.54, 1.807) is 14.0 Å². The van der Waals surface area contributed by atoms with E-state index in [9.17, 15) is 0 Å². The summed E-state index contributed by atoms with van der Waals surface area (Å²) in [6.07, 6.45) is 8.53. The number of piperidine rings is 1. The van der Waals surface area contributed by atoms with Crippen LogP contribution in [0.1, 0.15) is 26.2 Å². The molecular weight excluding hydrogens is 242 g/mol. The predicted octanol–water partition coefficient (Wildman–Crippen LogP) is 1.30. The average molecular weight is 261 g/mol. The number of hydrogen-bond donors (Lipinski definition) is 1. The minimum atomic E-state index is -0.360. The summed E-state index contributed by atoms with van der Waals surface area (Å²) in [7, 11) is 1.77. The highest BCUT2D eigenvalue weighted by Crippen LogP contribution is 2.19. The van der Waals surface area contributed by atoms with E-state index in [4.69, 9.17) is 11.2 Å². The van der Waals surface area contributed by atoms with Crippen molar-refractivity contribution < 1.29 is 4.74 Å². The normalized spacial score (nSPS) is 16.6. The van der Waals surface area contributed by atoms with Crippen molar-refractivity contribution >= 4 is 11.9 Å². The molecule has 1 saturated heterocycles. The van der Waals surface area contributed by atoms with Gasteiger partial charge in [-0.15, -0.1) is 6.42 Å². The Kier molecular flexibility index (Phi) is 4.39. The van der Waals surface area contributed by atoms with E-state index in [1.807, 2.05) is 0 Å². The number of anilines is 2. The molecule has 1 fully saturated rings. The third-order valence-corrected chi connectivity index (χ3v) is 2.98.